The van der Waals surface area contributed by atoms with Crippen molar-refractivity contribution in [2.75, 3.05) is 16.4 Å². The van der Waals surface area contributed by atoms with Crippen molar-refractivity contribution in [3.8, 4) is 23.0 Å². The van der Waals surface area contributed by atoms with Gasteiger partial charge in [-0.3, -0.25) is 4.98 Å². The highest BCUT2D eigenvalue weighted by Crippen LogP contribution is 2.38. The van der Waals surface area contributed by atoms with Gasteiger partial charge in [-0.1, -0.05) is 0 Å². The number of alkyl halides is 6. The lowest BCUT2D eigenvalue weighted by atomic mass is 10.1. The number of ether oxygens (including phenoxy) is 4. The molecular weight excluding hydrogens is 796 g/mol. The van der Waals surface area contributed by atoms with Gasteiger partial charge in [-0.05, 0) is 61.5 Å². The lowest BCUT2D eigenvalue weighted by Gasteiger charge is -2.25. The van der Waals surface area contributed by atoms with Gasteiger partial charge in [0, 0.05) is 47.8 Å². The van der Waals surface area contributed by atoms with Crippen LogP contribution in [0.25, 0.3) is 0 Å². The third-order valence-electron chi connectivity index (χ3n) is 7.90. The summed E-state index contributed by atoms with van der Waals surface area (Å²) in [6.07, 6.45) is 8.64. The molecule has 310 valence electrons. The molecule has 3 aromatic heterocycles. The van der Waals surface area contributed by atoms with Crippen molar-refractivity contribution in [2.45, 2.75) is 39.8 Å². The number of pyridine rings is 1. The van der Waals surface area contributed by atoms with Gasteiger partial charge in [-0.15, -0.1) is 0 Å². The SMILES string of the molecule is CCOc1cc(N(Cc2cnc[nH]2)c2ccc(C(=O)O)cc2)ccc1OC(F)F.O=C(O)c1cncc(N(Cc2cnc[nH]2)c2ccc(OC(F)F)c(OC(F)F)c2)c1. The zero-order valence-electron chi connectivity index (χ0n) is 30.5. The van der Waals surface area contributed by atoms with E-state index in [4.69, 9.17) is 9.84 Å². The number of rotatable bonds is 18. The Morgan fingerprint density at radius 1 is 0.576 bits per heavy atom. The Morgan fingerprint density at radius 2 is 1.05 bits per heavy atom. The maximum absolute atomic E-state index is 12.8. The smallest absolute Gasteiger partial charge is 0.387 e. The largest absolute Gasteiger partial charge is 0.490 e. The van der Waals surface area contributed by atoms with Crippen molar-refractivity contribution in [3.05, 3.63) is 127 Å². The van der Waals surface area contributed by atoms with Gasteiger partial charge in [0.15, 0.2) is 23.0 Å². The molecule has 3 heterocycles. The zero-order chi connectivity index (χ0) is 42.5. The number of anilines is 4. The number of halogens is 6. The molecule has 0 aliphatic rings. The first-order valence-electron chi connectivity index (χ1n) is 17.1. The molecule has 0 saturated heterocycles. The Balaban J connectivity index is 0.000000224. The van der Waals surface area contributed by atoms with E-state index in [0.717, 1.165) is 24.0 Å². The fourth-order valence-corrected chi connectivity index (χ4v) is 5.39. The van der Waals surface area contributed by atoms with E-state index in [9.17, 15) is 41.0 Å². The number of aromatic nitrogens is 5. The molecule has 0 atom stereocenters. The number of nitrogens with zero attached hydrogens (tertiary/aromatic N) is 5. The number of benzene rings is 3. The monoisotopic (exact) mass is 829 g/mol. The normalized spacial score (nSPS) is 10.9. The minimum Gasteiger partial charge on any atom is -0.490 e. The maximum Gasteiger partial charge on any atom is 0.387 e. The van der Waals surface area contributed by atoms with Crippen molar-refractivity contribution in [1.29, 1.82) is 0 Å². The van der Waals surface area contributed by atoms with Crippen LogP contribution in [0.2, 0.25) is 0 Å². The highest BCUT2D eigenvalue weighted by Gasteiger charge is 2.21. The molecule has 21 heteroatoms. The van der Waals surface area contributed by atoms with Gasteiger partial charge in [0.1, 0.15) is 0 Å². The summed E-state index contributed by atoms with van der Waals surface area (Å²) in [5, 5.41) is 18.3. The highest BCUT2D eigenvalue weighted by molar-refractivity contribution is 5.89. The molecule has 3 aromatic carbocycles. The molecule has 0 unspecified atom stereocenters. The number of carboxylic acid groups (broad SMARTS) is 2. The molecule has 0 fully saturated rings. The number of H-pyrrole nitrogens is 2. The summed E-state index contributed by atoms with van der Waals surface area (Å²) >= 11 is 0. The van der Waals surface area contributed by atoms with E-state index in [1.165, 1.54) is 54.0 Å². The predicted octanol–water partition coefficient (Wildman–Crippen LogP) is 8.49. The van der Waals surface area contributed by atoms with Gasteiger partial charge in [0.05, 0.1) is 66.8 Å². The molecule has 0 aliphatic carbocycles. The second-order valence-corrected chi connectivity index (χ2v) is 11.7. The number of imidazole rings is 2. The van der Waals surface area contributed by atoms with E-state index in [2.05, 4.69) is 39.1 Å². The van der Waals surface area contributed by atoms with Gasteiger partial charge in [0.25, 0.3) is 0 Å². The van der Waals surface area contributed by atoms with Crippen LogP contribution in [0.4, 0.5) is 49.1 Å². The van der Waals surface area contributed by atoms with Crippen molar-refractivity contribution in [2.24, 2.45) is 0 Å². The van der Waals surface area contributed by atoms with Crippen LogP contribution in [0.15, 0.2) is 104 Å². The van der Waals surface area contributed by atoms with Crippen molar-refractivity contribution < 1.29 is 65.1 Å². The molecule has 59 heavy (non-hydrogen) atoms. The Labute approximate surface area is 330 Å². The molecule has 0 bridgehead atoms. The van der Waals surface area contributed by atoms with Gasteiger partial charge >= 0.3 is 31.8 Å². The van der Waals surface area contributed by atoms with Crippen LogP contribution in [0.1, 0.15) is 39.0 Å². The second-order valence-electron chi connectivity index (χ2n) is 11.7. The predicted molar refractivity (Wildman–Crippen MR) is 197 cm³/mol. The van der Waals surface area contributed by atoms with Crippen LogP contribution < -0.4 is 28.7 Å². The standard InChI is InChI=1S/C20H19F2N3O4.C18H14F4N4O4/c1-2-28-18-9-16(7-8-17(18)29-20(21)22)25(11-14-10-23-12-24-14)15-5-3-13(4-6-15)19(26)27;19-17(20)29-14-2-1-12(4-15(14)30-18(21)22)26(8-11-6-24-9-25-11)13-3-10(16(27)28)5-23-7-13/h3-10,12,20H,2,11H2,1H3,(H,23,24)(H,26,27);1-7,9,17-18H,8H2,(H,24,25)(H,27,28). The number of hydrogen-bond donors (Lipinski definition) is 4. The number of carboxylic acids is 2. The third-order valence-corrected chi connectivity index (χ3v) is 7.90. The van der Waals surface area contributed by atoms with Crippen LogP contribution in [-0.4, -0.2) is 73.5 Å². The van der Waals surface area contributed by atoms with E-state index in [1.54, 1.807) is 43.7 Å². The van der Waals surface area contributed by atoms with Gasteiger partial charge in [0.2, 0.25) is 0 Å². The van der Waals surface area contributed by atoms with Crippen LogP contribution in [0.5, 0.6) is 23.0 Å². The lowest BCUT2D eigenvalue weighted by Crippen LogP contribution is -2.18. The average molecular weight is 830 g/mol. The number of aromatic amines is 2. The van der Waals surface area contributed by atoms with Crippen molar-refractivity contribution >= 4 is 34.7 Å². The number of carbonyl (C=O) groups is 2. The molecule has 0 amide bonds. The summed E-state index contributed by atoms with van der Waals surface area (Å²) in [5.74, 6) is -3.31. The molecule has 0 aliphatic heterocycles. The van der Waals surface area contributed by atoms with E-state index in [-0.39, 0.29) is 41.5 Å². The summed E-state index contributed by atoms with van der Waals surface area (Å²) in [6.45, 7) is -6.99. The zero-order valence-corrected chi connectivity index (χ0v) is 30.5. The quantitative estimate of drug-likeness (QED) is 0.0605. The van der Waals surface area contributed by atoms with Crippen molar-refractivity contribution in [3.63, 3.8) is 0 Å². The molecule has 6 aromatic rings. The fraction of sp³-hybridized carbons (Fsp3) is 0.184. The number of hydrogen-bond acceptors (Lipinski definition) is 11. The van der Waals surface area contributed by atoms with Crippen LogP contribution >= 0.6 is 0 Å². The molecule has 0 saturated carbocycles. The fourth-order valence-electron chi connectivity index (χ4n) is 5.39. The Bertz CT molecular complexity index is 2270. The minimum absolute atomic E-state index is 0.0617. The van der Waals surface area contributed by atoms with Gasteiger partial charge in [-0.2, -0.15) is 26.3 Å². The van der Waals surface area contributed by atoms with E-state index >= 15 is 0 Å². The lowest BCUT2D eigenvalue weighted by molar-refractivity contribution is -0.0692. The van der Waals surface area contributed by atoms with Crippen LogP contribution in [0.3, 0.4) is 0 Å². The Morgan fingerprint density at radius 3 is 1.53 bits per heavy atom. The van der Waals surface area contributed by atoms with E-state index in [0.29, 0.717) is 29.3 Å². The summed E-state index contributed by atoms with van der Waals surface area (Å²) in [6, 6.07) is 15.8. The average Bonchev–Trinajstić information content (AvgIpc) is 3.93. The molecule has 4 N–H and O–H groups in total. The number of aromatic carboxylic acids is 2. The summed E-state index contributed by atoms with van der Waals surface area (Å²) in [7, 11) is 0. The van der Waals surface area contributed by atoms with Crippen LogP contribution in [0, 0.1) is 0 Å². The van der Waals surface area contributed by atoms with E-state index in [1.807, 2.05) is 4.90 Å². The highest BCUT2D eigenvalue weighted by atomic mass is 19.3. The minimum atomic E-state index is -3.28. The molecule has 6 rings (SSSR count). The first kappa shape index (κ1) is 42.7. The summed E-state index contributed by atoms with van der Waals surface area (Å²) < 4.78 is 94.6. The van der Waals surface area contributed by atoms with Gasteiger partial charge < -0.3 is 48.9 Å². The third kappa shape index (κ3) is 12.0. The molecular formula is C38H33F6N7O8. The van der Waals surface area contributed by atoms with Crippen LogP contribution in [-0.2, 0) is 13.1 Å². The maximum atomic E-state index is 12.8. The first-order chi connectivity index (χ1) is 28.3. The first-order valence-corrected chi connectivity index (χ1v) is 17.1. The van der Waals surface area contributed by atoms with Gasteiger partial charge in [-0.25, -0.2) is 19.6 Å². The molecule has 15 nitrogen and oxygen atoms in total. The Hall–Kier alpha value is -7.45. The summed E-state index contributed by atoms with van der Waals surface area (Å²) in [5.41, 5.74) is 3.33. The topological polar surface area (TPSA) is 188 Å². The Kier molecular flexibility index (Phi) is 14.6. The summed E-state index contributed by atoms with van der Waals surface area (Å²) in [4.78, 5) is 43.5. The van der Waals surface area contributed by atoms with E-state index < -0.39 is 43.3 Å². The van der Waals surface area contributed by atoms with Crippen molar-refractivity contribution in [1.82, 2.24) is 24.9 Å². The molecule has 0 radical (unpaired) electrons. The second kappa shape index (κ2) is 20.1. The molecule has 0 spiro atoms. The number of nitrogens with one attached hydrogen (secondary N) is 2.